The predicted molar refractivity (Wildman–Crippen MR) is 53.2 cm³/mol. The fourth-order valence-corrected chi connectivity index (χ4v) is 1.24. The maximum Gasteiger partial charge on any atom is 0.197 e. The van der Waals surface area contributed by atoms with E-state index in [4.69, 9.17) is 11.6 Å². The van der Waals surface area contributed by atoms with Crippen LogP contribution in [0.1, 0.15) is 0 Å². The minimum absolute atomic E-state index is 0.596. The molecular formula is C8H9ClN4. The molecule has 4 nitrogen and oxygen atoms in total. The van der Waals surface area contributed by atoms with Gasteiger partial charge in [0.05, 0.1) is 11.6 Å². The number of halogens is 1. The number of nitrogens with zero attached hydrogens (tertiary/aromatic N) is 2. The SMILES string of the molecule is Clc1cccnc1NC1=NCCN1. The molecule has 0 atom stereocenters. The Kier molecular flexibility index (Phi) is 2.31. The predicted octanol–water partition coefficient (Wildman–Crippen LogP) is 1.11. The number of anilines is 1. The molecule has 0 aromatic carbocycles. The topological polar surface area (TPSA) is 49.3 Å². The summed E-state index contributed by atoms with van der Waals surface area (Å²) in [6, 6.07) is 3.57. The number of aromatic nitrogens is 1. The van der Waals surface area contributed by atoms with Gasteiger partial charge in [0.2, 0.25) is 0 Å². The molecule has 1 aliphatic heterocycles. The van der Waals surface area contributed by atoms with Crippen LogP contribution in [0.5, 0.6) is 0 Å². The van der Waals surface area contributed by atoms with Crippen molar-refractivity contribution in [1.29, 1.82) is 0 Å². The Morgan fingerprint density at radius 3 is 3.15 bits per heavy atom. The van der Waals surface area contributed by atoms with Crippen molar-refractivity contribution >= 4 is 23.4 Å². The van der Waals surface area contributed by atoms with Gasteiger partial charge in [-0.15, -0.1) is 0 Å². The summed E-state index contributed by atoms with van der Waals surface area (Å²) in [7, 11) is 0. The summed E-state index contributed by atoms with van der Waals surface area (Å²) in [5.41, 5.74) is 0. The molecule has 0 spiro atoms. The van der Waals surface area contributed by atoms with Gasteiger partial charge in [-0.2, -0.15) is 0 Å². The van der Waals surface area contributed by atoms with Crippen LogP contribution in [0.2, 0.25) is 5.02 Å². The highest BCUT2D eigenvalue weighted by Gasteiger charge is 2.07. The molecule has 5 heteroatoms. The maximum absolute atomic E-state index is 5.89. The van der Waals surface area contributed by atoms with Crippen molar-refractivity contribution in [2.24, 2.45) is 4.99 Å². The smallest absolute Gasteiger partial charge is 0.197 e. The van der Waals surface area contributed by atoms with Crippen LogP contribution in [0.25, 0.3) is 0 Å². The molecule has 0 amide bonds. The molecule has 13 heavy (non-hydrogen) atoms. The average Bonchev–Trinajstić information content (AvgIpc) is 2.61. The Labute approximate surface area is 81.0 Å². The largest absolute Gasteiger partial charge is 0.354 e. The average molecular weight is 197 g/mol. The number of rotatable bonds is 1. The molecule has 0 saturated carbocycles. The third-order valence-electron chi connectivity index (χ3n) is 1.67. The molecule has 1 aliphatic rings. The zero-order valence-electron chi connectivity index (χ0n) is 6.92. The Morgan fingerprint density at radius 1 is 1.54 bits per heavy atom. The molecule has 0 unspecified atom stereocenters. The van der Waals surface area contributed by atoms with Crippen LogP contribution in [-0.4, -0.2) is 24.0 Å². The quantitative estimate of drug-likeness (QED) is 0.708. The Morgan fingerprint density at radius 2 is 2.46 bits per heavy atom. The summed E-state index contributed by atoms with van der Waals surface area (Å²) in [6.07, 6.45) is 1.68. The van der Waals surface area contributed by atoms with Gasteiger partial charge in [0.1, 0.15) is 0 Å². The van der Waals surface area contributed by atoms with Gasteiger partial charge in [-0.1, -0.05) is 11.6 Å². The molecule has 2 heterocycles. The highest BCUT2D eigenvalue weighted by molar-refractivity contribution is 6.33. The molecule has 1 aromatic rings. The van der Waals surface area contributed by atoms with Gasteiger partial charge in [0, 0.05) is 12.7 Å². The first-order valence-electron chi connectivity index (χ1n) is 4.02. The number of hydrogen-bond acceptors (Lipinski definition) is 4. The van der Waals surface area contributed by atoms with Gasteiger partial charge >= 0.3 is 0 Å². The molecule has 0 bridgehead atoms. The second-order valence-electron chi connectivity index (χ2n) is 2.62. The van der Waals surface area contributed by atoms with Crippen LogP contribution < -0.4 is 10.6 Å². The summed E-state index contributed by atoms with van der Waals surface area (Å²) in [4.78, 5) is 8.25. The van der Waals surface area contributed by atoms with Crippen molar-refractivity contribution < 1.29 is 0 Å². The van der Waals surface area contributed by atoms with E-state index >= 15 is 0 Å². The third-order valence-corrected chi connectivity index (χ3v) is 1.97. The monoisotopic (exact) mass is 196 g/mol. The number of aliphatic imine (C=N–C) groups is 1. The van der Waals surface area contributed by atoms with Crippen molar-refractivity contribution in [3.8, 4) is 0 Å². The second-order valence-corrected chi connectivity index (χ2v) is 3.02. The molecule has 2 rings (SSSR count). The van der Waals surface area contributed by atoms with Crippen LogP contribution >= 0.6 is 11.6 Å². The van der Waals surface area contributed by atoms with Gasteiger partial charge in [-0.25, -0.2) is 4.98 Å². The Bertz CT molecular complexity index is 337. The minimum atomic E-state index is 0.596. The zero-order valence-corrected chi connectivity index (χ0v) is 7.67. The van der Waals surface area contributed by atoms with Gasteiger partial charge in [-0.3, -0.25) is 4.99 Å². The van der Waals surface area contributed by atoms with Gasteiger partial charge in [0.25, 0.3) is 0 Å². The van der Waals surface area contributed by atoms with E-state index in [1.54, 1.807) is 18.3 Å². The Balaban J connectivity index is 2.13. The standard InChI is InChI=1S/C8H9ClN4/c9-6-2-1-3-10-7(6)13-8-11-4-5-12-8/h1-3H,4-5H2,(H2,10,11,12,13). The van der Waals surface area contributed by atoms with E-state index in [2.05, 4.69) is 20.6 Å². The molecule has 0 fully saturated rings. The summed E-state index contributed by atoms with van der Waals surface area (Å²) < 4.78 is 0. The highest BCUT2D eigenvalue weighted by Crippen LogP contribution is 2.17. The Hall–Kier alpha value is -1.29. The van der Waals surface area contributed by atoms with E-state index in [9.17, 15) is 0 Å². The summed E-state index contributed by atoms with van der Waals surface area (Å²) in [5.74, 6) is 1.37. The molecule has 68 valence electrons. The van der Waals surface area contributed by atoms with Crippen molar-refractivity contribution in [3.05, 3.63) is 23.4 Å². The fraction of sp³-hybridized carbons (Fsp3) is 0.250. The number of nitrogens with one attached hydrogen (secondary N) is 2. The first-order chi connectivity index (χ1) is 6.36. The molecule has 0 aliphatic carbocycles. The van der Waals surface area contributed by atoms with Crippen LogP contribution in [0.4, 0.5) is 5.82 Å². The summed E-state index contributed by atoms with van der Waals surface area (Å²) in [5, 5.41) is 6.67. The van der Waals surface area contributed by atoms with Gasteiger partial charge < -0.3 is 10.6 Å². The van der Waals surface area contributed by atoms with E-state index in [0.717, 1.165) is 19.0 Å². The highest BCUT2D eigenvalue weighted by atomic mass is 35.5. The van der Waals surface area contributed by atoms with Crippen molar-refractivity contribution in [2.45, 2.75) is 0 Å². The lowest BCUT2D eigenvalue weighted by atomic mass is 10.4. The fourth-order valence-electron chi connectivity index (χ4n) is 1.07. The molecule has 1 aromatic heterocycles. The lowest BCUT2D eigenvalue weighted by Crippen LogP contribution is -2.26. The van der Waals surface area contributed by atoms with E-state index < -0.39 is 0 Å². The van der Waals surface area contributed by atoms with E-state index in [1.807, 2.05) is 0 Å². The minimum Gasteiger partial charge on any atom is -0.354 e. The lowest BCUT2D eigenvalue weighted by molar-refractivity contribution is 0.958. The van der Waals surface area contributed by atoms with Crippen molar-refractivity contribution in [1.82, 2.24) is 10.3 Å². The second kappa shape index (κ2) is 3.62. The van der Waals surface area contributed by atoms with Crippen LogP contribution in [0, 0.1) is 0 Å². The van der Waals surface area contributed by atoms with E-state index in [0.29, 0.717) is 10.8 Å². The maximum atomic E-state index is 5.89. The number of guanidine groups is 1. The van der Waals surface area contributed by atoms with Crippen molar-refractivity contribution in [3.63, 3.8) is 0 Å². The normalized spacial score (nSPS) is 15.0. The number of hydrogen-bond donors (Lipinski definition) is 2. The molecule has 0 radical (unpaired) electrons. The van der Waals surface area contributed by atoms with Crippen molar-refractivity contribution in [2.75, 3.05) is 18.4 Å². The van der Waals surface area contributed by atoms with E-state index in [1.165, 1.54) is 0 Å². The molecule has 2 N–H and O–H groups in total. The summed E-state index contributed by atoms with van der Waals surface area (Å²) >= 11 is 5.89. The molecular weight excluding hydrogens is 188 g/mol. The lowest BCUT2D eigenvalue weighted by Gasteiger charge is -2.06. The first kappa shape index (κ1) is 8.31. The summed E-state index contributed by atoms with van der Waals surface area (Å²) in [6.45, 7) is 1.67. The third kappa shape index (κ3) is 1.89. The van der Waals surface area contributed by atoms with Crippen LogP contribution in [0.3, 0.4) is 0 Å². The number of pyridine rings is 1. The van der Waals surface area contributed by atoms with Gasteiger partial charge in [0.15, 0.2) is 11.8 Å². The van der Waals surface area contributed by atoms with Crippen LogP contribution in [-0.2, 0) is 0 Å². The zero-order chi connectivity index (χ0) is 9.10. The molecule has 0 saturated heterocycles. The van der Waals surface area contributed by atoms with Gasteiger partial charge in [-0.05, 0) is 12.1 Å². The van der Waals surface area contributed by atoms with Crippen LogP contribution in [0.15, 0.2) is 23.3 Å². The first-order valence-corrected chi connectivity index (χ1v) is 4.40. The van der Waals surface area contributed by atoms with E-state index in [-0.39, 0.29) is 0 Å².